The number of carbonyl (C=O) groups excluding carboxylic acids is 2. The zero-order chi connectivity index (χ0) is 24.2. The largest absolute Gasteiger partial charge is 0.497 e. The topological polar surface area (TPSA) is 107 Å². The molecule has 3 aromatic rings. The number of anilines is 1. The molecule has 9 nitrogen and oxygen atoms in total. The van der Waals surface area contributed by atoms with Gasteiger partial charge in [0, 0.05) is 0 Å². The van der Waals surface area contributed by atoms with E-state index < -0.39 is 5.91 Å². The first-order valence-corrected chi connectivity index (χ1v) is 10.3. The van der Waals surface area contributed by atoms with Crippen molar-refractivity contribution in [3.63, 3.8) is 0 Å². The first kappa shape index (κ1) is 24.1. The van der Waals surface area contributed by atoms with Crippen molar-refractivity contribution < 1.29 is 28.5 Å². The highest BCUT2D eigenvalue weighted by Crippen LogP contribution is 2.23. The number of hydrazone groups is 1. The van der Waals surface area contributed by atoms with Gasteiger partial charge in [-0.1, -0.05) is 12.1 Å². The molecular weight excluding hydrogens is 438 g/mol. The van der Waals surface area contributed by atoms with Gasteiger partial charge in [-0.3, -0.25) is 9.59 Å². The molecule has 3 rings (SSSR count). The Balaban J connectivity index is 1.39. The molecule has 34 heavy (non-hydrogen) atoms. The van der Waals surface area contributed by atoms with Gasteiger partial charge in [0.25, 0.3) is 11.8 Å². The first-order chi connectivity index (χ1) is 16.6. The third-order valence-corrected chi connectivity index (χ3v) is 4.46. The highest BCUT2D eigenvalue weighted by Gasteiger charge is 2.08. The maximum absolute atomic E-state index is 12.1. The molecule has 2 amide bonds. The van der Waals surface area contributed by atoms with E-state index in [-0.39, 0.29) is 19.1 Å². The molecule has 0 aliphatic carbocycles. The molecule has 0 unspecified atom stereocenters. The molecule has 3 aromatic carbocycles. The van der Waals surface area contributed by atoms with Crippen LogP contribution in [-0.2, 0) is 9.59 Å². The number of nitrogens with zero attached hydrogens (tertiary/aromatic N) is 1. The van der Waals surface area contributed by atoms with Crippen LogP contribution in [0.4, 0.5) is 5.69 Å². The first-order valence-electron chi connectivity index (χ1n) is 10.3. The molecular formula is C25H25N3O6. The van der Waals surface area contributed by atoms with Crippen LogP contribution >= 0.6 is 0 Å². The number of nitrogens with one attached hydrogen (secondary N) is 2. The van der Waals surface area contributed by atoms with Gasteiger partial charge in [0.05, 0.1) is 26.1 Å². The lowest BCUT2D eigenvalue weighted by Gasteiger charge is -2.10. The van der Waals surface area contributed by atoms with Crippen LogP contribution in [0.2, 0.25) is 0 Å². The Labute approximate surface area is 197 Å². The third-order valence-electron chi connectivity index (χ3n) is 4.46. The number of benzene rings is 3. The van der Waals surface area contributed by atoms with E-state index >= 15 is 0 Å². The number of methoxy groups -OCH3 is 2. The number of para-hydroxylation sites is 2. The molecule has 0 aliphatic heterocycles. The van der Waals surface area contributed by atoms with Crippen LogP contribution in [-0.4, -0.2) is 45.5 Å². The van der Waals surface area contributed by atoms with Gasteiger partial charge in [-0.15, -0.1) is 0 Å². The molecule has 0 bridgehead atoms. The van der Waals surface area contributed by atoms with Gasteiger partial charge in [-0.25, -0.2) is 5.43 Å². The molecule has 9 heteroatoms. The van der Waals surface area contributed by atoms with Gasteiger partial charge in [0.2, 0.25) is 0 Å². The van der Waals surface area contributed by atoms with E-state index in [4.69, 9.17) is 18.9 Å². The molecule has 0 saturated carbocycles. The van der Waals surface area contributed by atoms with E-state index in [0.29, 0.717) is 28.7 Å². The minimum absolute atomic E-state index is 0.157. The van der Waals surface area contributed by atoms with Crippen molar-refractivity contribution in [2.75, 3.05) is 32.8 Å². The van der Waals surface area contributed by atoms with Crippen molar-refractivity contribution in [2.24, 2.45) is 5.10 Å². The lowest BCUT2D eigenvalue weighted by molar-refractivity contribution is -0.123. The molecule has 176 valence electrons. The van der Waals surface area contributed by atoms with Gasteiger partial charge >= 0.3 is 0 Å². The second-order valence-corrected chi connectivity index (χ2v) is 6.86. The van der Waals surface area contributed by atoms with Gasteiger partial charge in [-0.2, -0.15) is 5.10 Å². The molecule has 0 saturated heterocycles. The summed E-state index contributed by atoms with van der Waals surface area (Å²) in [7, 11) is 3.11. The standard InChI is InChI=1S/C25H25N3O6/c1-31-19-11-13-21(14-12-19)34-17-25(30)28-26-15-18-7-9-20(10-8-18)33-16-24(29)27-22-5-3-4-6-23(22)32-2/h3-15H,16-17H2,1-2H3,(H,27,29)(H,28,30)/b26-15-. The Hall–Kier alpha value is -4.53. The van der Waals surface area contributed by atoms with E-state index in [1.807, 2.05) is 6.07 Å². The molecule has 0 atom stereocenters. The smallest absolute Gasteiger partial charge is 0.277 e. The normalized spacial score (nSPS) is 10.4. The van der Waals surface area contributed by atoms with E-state index in [1.54, 1.807) is 73.8 Å². The SMILES string of the molecule is COc1ccc(OCC(=O)N/N=C\c2ccc(OCC(=O)Nc3ccccc3OC)cc2)cc1. The average molecular weight is 463 g/mol. The van der Waals surface area contributed by atoms with Gasteiger partial charge in [0.1, 0.15) is 23.0 Å². The summed E-state index contributed by atoms with van der Waals surface area (Å²) in [6, 6.07) is 20.9. The lowest BCUT2D eigenvalue weighted by atomic mass is 10.2. The lowest BCUT2D eigenvalue weighted by Crippen LogP contribution is -2.24. The van der Waals surface area contributed by atoms with Crippen LogP contribution in [0.1, 0.15) is 5.56 Å². The number of amides is 2. The second kappa shape index (κ2) is 12.5. The summed E-state index contributed by atoms with van der Waals surface area (Å²) in [6.07, 6.45) is 1.49. The summed E-state index contributed by atoms with van der Waals surface area (Å²) in [5.74, 6) is 1.63. The average Bonchev–Trinajstić information content (AvgIpc) is 2.87. The Kier molecular flexibility index (Phi) is 8.86. The highest BCUT2D eigenvalue weighted by atomic mass is 16.5. The van der Waals surface area contributed by atoms with Crippen LogP contribution in [0.15, 0.2) is 77.9 Å². The minimum Gasteiger partial charge on any atom is -0.497 e. The Morgan fingerprint density at radius 2 is 1.35 bits per heavy atom. The van der Waals surface area contributed by atoms with Gasteiger partial charge in [0.15, 0.2) is 13.2 Å². The summed E-state index contributed by atoms with van der Waals surface area (Å²) < 4.78 is 21.2. The van der Waals surface area contributed by atoms with Crippen molar-refractivity contribution in [1.29, 1.82) is 0 Å². The number of hydrogen-bond acceptors (Lipinski definition) is 7. The summed E-state index contributed by atoms with van der Waals surface area (Å²) >= 11 is 0. The highest BCUT2D eigenvalue weighted by molar-refractivity contribution is 5.93. The molecule has 0 fully saturated rings. The predicted molar refractivity (Wildman–Crippen MR) is 128 cm³/mol. The number of ether oxygens (including phenoxy) is 4. The van der Waals surface area contributed by atoms with Crippen LogP contribution in [0.3, 0.4) is 0 Å². The zero-order valence-electron chi connectivity index (χ0n) is 18.8. The summed E-state index contributed by atoms with van der Waals surface area (Å²) in [4.78, 5) is 24.0. The van der Waals surface area contributed by atoms with E-state index in [2.05, 4.69) is 15.8 Å². The Bertz CT molecular complexity index is 1110. The fraction of sp³-hybridized carbons (Fsp3) is 0.160. The van der Waals surface area contributed by atoms with Crippen molar-refractivity contribution in [1.82, 2.24) is 5.43 Å². The maximum atomic E-state index is 12.1. The third kappa shape index (κ3) is 7.56. The van der Waals surface area contributed by atoms with E-state index in [1.165, 1.54) is 13.3 Å². The van der Waals surface area contributed by atoms with E-state index in [9.17, 15) is 9.59 Å². The van der Waals surface area contributed by atoms with Crippen LogP contribution in [0, 0.1) is 0 Å². The number of rotatable bonds is 11. The van der Waals surface area contributed by atoms with Crippen LogP contribution in [0.25, 0.3) is 0 Å². The minimum atomic E-state index is -0.395. The van der Waals surface area contributed by atoms with Crippen molar-refractivity contribution in [2.45, 2.75) is 0 Å². The molecule has 0 heterocycles. The molecule has 0 aromatic heterocycles. The Morgan fingerprint density at radius 1 is 0.765 bits per heavy atom. The monoisotopic (exact) mass is 463 g/mol. The predicted octanol–water partition coefficient (Wildman–Crippen LogP) is 3.25. The molecule has 0 spiro atoms. The quantitative estimate of drug-likeness (QED) is 0.334. The zero-order valence-corrected chi connectivity index (χ0v) is 18.8. The number of hydrogen-bond donors (Lipinski definition) is 2. The number of carbonyl (C=O) groups is 2. The van der Waals surface area contributed by atoms with E-state index in [0.717, 1.165) is 5.56 Å². The fourth-order valence-corrected chi connectivity index (χ4v) is 2.77. The molecule has 0 aliphatic rings. The molecule has 2 N–H and O–H groups in total. The maximum Gasteiger partial charge on any atom is 0.277 e. The van der Waals surface area contributed by atoms with Gasteiger partial charge in [-0.05, 0) is 66.2 Å². The van der Waals surface area contributed by atoms with Crippen molar-refractivity contribution in [3.8, 4) is 23.0 Å². The fourth-order valence-electron chi connectivity index (χ4n) is 2.77. The second-order valence-electron chi connectivity index (χ2n) is 6.86. The Morgan fingerprint density at radius 3 is 2.00 bits per heavy atom. The van der Waals surface area contributed by atoms with Crippen molar-refractivity contribution >= 4 is 23.7 Å². The summed E-state index contributed by atoms with van der Waals surface area (Å²) in [5.41, 5.74) is 3.71. The van der Waals surface area contributed by atoms with Crippen LogP contribution < -0.4 is 29.7 Å². The van der Waals surface area contributed by atoms with Crippen LogP contribution in [0.5, 0.6) is 23.0 Å². The molecule has 0 radical (unpaired) electrons. The summed E-state index contributed by atoms with van der Waals surface area (Å²) in [6.45, 7) is -0.330. The van der Waals surface area contributed by atoms with Gasteiger partial charge < -0.3 is 24.3 Å². The van der Waals surface area contributed by atoms with Crippen molar-refractivity contribution in [3.05, 3.63) is 78.4 Å². The summed E-state index contributed by atoms with van der Waals surface area (Å²) in [5, 5.41) is 6.65.